The van der Waals surface area contributed by atoms with Crippen molar-refractivity contribution in [2.45, 2.75) is 37.0 Å². The number of ether oxygens (including phenoxy) is 2. The Bertz CT molecular complexity index is 413. The maximum Gasteiger partial charge on any atom is 0.523 e. The van der Waals surface area contributed by atoms with Crippen molar-refractivity contribution in [3.63, 3.8) is 0 Å². The van der Waals surface area contributed by atoms with E-state index < -0.39 is 33.9 Å². The lowest BCUT2D eigenvalue weighted by atomic mass is 9.84. The first-order valence-electron chi connectivity index (χ1n) is 6.00. The fourth-order valence-corrected chi connectivity index (χ4v) is 2.96. The summed E-state index contributed by atoms with van der Waals surface area (Å²) in [5.74, 6) is -1.47. The van der Waals surface area contributed by atoms with Crippen LogP contribution >= 0.6 is 0 Å². The minimum Gasteiger partial charge on any atom is -0.347 e. The van der Waals surface area contributed by atoms with Crippen LogP contribution < -0.4 is 0 Å². The molecule has 1 aliphatic heterocycles. The lowest BCUT2D eigenvalue weighted by Crippen LogP contribution is -2.45. The molecule has 2 fully saturated rings. The first-order valence-corrected chi connectivity index (χ1v) is 7.41. The number of hydrogen-bond acceptors (Lipinski definition) is 5. The highest BCUT2D eigenvalue weighted by atomic mass is 32.2. The fourth-order valence-electron chi connectivity index (χ4n) is 2.49. The van der Waals surface area contributed by atoms with Crippen LogP contribution in [0.4, 0.5) is 13.2 Å². The standard InChI is InChI=1S/C10H15F3O5S/c11-10(12,13)19(14,15)18-7-8-3-1-2-4-9(8)16-5-6-17-9/h8H,1-7H2. The third kappa shape index (κ3) is 3.04. The summed E-state index contributed by atoms with van der Waals surface area (Å²) in [5, 5.41) is 0. The summed E-state index contributed by atoms with van der Waals surface area (Å²) >= 11 is 0. The van der Waals surface area contributed by atoms with Gasteiger partial charge in [-0.1, -0.05) is 6.42 Å². The van der Waals surface area contributed by atoms with Gasteiger partial charge in [-0.15, -0.1) is 0 Å². The molecule has 0 amide bonds. The maximum absolute atomic E-state index is 12.2. The van der Waals surface area contributed by atoms with Crippen molar-refractivity contribution >= 4 is 10.1 Å². The van der Waals surface area contributed by atoms with Crippen LogP contribution in [0.3, 0.4) is 0 Å². The highest BCUT2D eigenvalue weighted by Gasteiger charge is 2.50. The van der Waals surface area contributed by atoms with Crippen LogP contribution in [0.1, 0.15) is 25.7 Å². The van der Waals surface area contributed by atoms with Crippen LogP contribution in [-0.4, -0.2) is 39.5 Å². The van der Waals surface area contributed by atoms with E-state index in [1.165, 1.54) is 0 Å². The monoisotopic (exact) mass is 304 g/mol. The second-order valence-corrected chi connectivity index (χ2v) is 6.24. The van der Waals surface area contributed by atoms with Crippen molar-refractivity contribution in [2.24, 2.45) is 5.92 Å². The molecule has 1 atom stereocenters. The molecule has 0 N–H and O–H groups in total. The van der Waals surface area contributed by atoms with Gasteiger partial charge in [0.2, 0.25) is 0 Å². The smallest absolute Gasteiger partial charge is 0.347 e. The summed E-state index contributed by atoms with van der Waals surface area (Å²) < 4.78 is 73.3. The molecule has 2 aliphatic rings. The van der Waals surface area contributed by atoms with Gasteiger partial charge in [0.25, 0.3) is 0 Å². The number of rotatable bonds is 3. The van der Waals surface area contributed by atoms with E-state index >= 15 is 0 Å². The summed E-state index contributed by atoms with van der Waals surface area (Å²) in [6.07, 6.45) is 2.69. The van der Waals surface area contributed by atoms with Gasteiger partial charge in [-0.3, -0.25) is 4.18 Å². The van der Waals surface area contributed by atoms with Crippen molar-refractivity contribution in [1.82, 2.24) is 0 Å². The predicted octanol–water partition coefficient (Wildman–Crippen LogP) is 1.79. The molecule has 1 spiro atoms. The Balaban J connectivity index is 2.02. The number of halogens is 3. The highest BCUT2D eigenvalue weighted by Crippen LogP contribution is 2.41. The molecule has 0 bridgehead atoms. The van der Waals surface area contributed by atoms with Gasteiger partial charge in [0.1, 0.15) is 0 Å². The van der Waals surface area contributed by atoms with Crippen molar-refractivity contribution in [2.75, 3.05) is 19.8 Å². The van der Waals surface area contributed by atoms with E-state index in [4.69, 9.17) is 9.47 Å². The zero-order chi connectivity index (χ0) is 14.1. The average molecular weight is 304 g/mol. The summed E-state index contributed by atoms with van der Waals surface area (Å²) in [6, 6.07) is 0. The normalized spacial score (nSPS) is 27.8. The van der Waals surface area contributed by atoms with Crippen molar-refractivity contribution in [1.29, 1.82) is 0 Å². The Labute approximate surface area is 109 Å². The number of hydrogen-bond donors (Lipinski definition) is 0. The molecule has 0 aromatic rings. The zero-order valence-electron chi connectivity index (χ0n) is 10.1. The van der Waals surface area contributed by atoms with Crippen LogP contribution in [0.5, 0.6) is 0 Å². The predicted molar refractivity (Wildman–Crippen MR) is 57.5 cm³/mol. The molecular formula is C10H15F3O5S. The maximum atomic E-state index is 12.2. The van der Waals surface area contributed by atoms with Crippen LogP contribution in [0.15, 0.2) is 0 Å². The molecule has 1 saturated heterocycles. The van der Waals surface area contributed by atoms with Crippen molar-refractivity contribution in [3.8, 4) is 0 Å². The Kier molecular flexibility index (Phi) is 4.10. The van der Waals surface area contributed by atoms with Crippen LogP contribution in [0.2, 0.25) is 0 Å². The topological polar surface area (TPSA) is 61.8 Å². The molecule has 0 radical (unpaired) electrons. The van der Waals surface area contributed by atoms with E-state index in [0.29, 0.717) is 26.1 Å². The quantitative estimate of drug-likeness (QED) is 0.587. The van der Waals surface area contributed by atoms with E-state index in [1.54, 1.807) is 0 Å². The molecule has 1 unspecified atom stereocenters. The van der Waals surface area contributed by atoms with Gasteiger partial charge in [-0.05, 0) is 12.8 Å². The third-order valence-electron chi connectivity index (χ3n) is 3.43. The van der Waals surface area contributed by atoms with Gasteiger partial charge in [0.05, 0.1) is 19.8 Å². The molecule has 2 rings (SSSR count). The van der Waals surface area contributed by atoms with E-state index in [9.17, 15) is 21.6 Å². The summed E-state index contributed by atoms with van der Waals surface area (Å²) in [4.78, 5) is 0. The molecule has 5 nitrogen and oxygen atoms in total. The van der Waals surface area contributed by atoms with Crippen LogP contribution in [0, 0.1) is 5.92 Å². The van der Waals surface area contributed by atoms with E-state index in [2.05, 4.69) is 4.18 Å². The van der Waals surface area contributed by atoms with E-state index in [0.717, 1.165) is 12.8 Å². The van der Waals surface area contributed by atoms with Gasteiger partial charge in [-0.2, -0.15) is 21.6 Å². The molecule has 19 heavy (non-hydrogen) atoms. The van der Waals surface area contributed by atoms with Gasteiger partial charge in [-0.25, -0.2) is 0 Å². The first kappa shape index (κ1) is 15.0. The molecule has 0 aromatic carbocycles. The van der Waals surface area contributed by atoms with E-state index in [1.807, 2.05) is 0 Å². The zero-order valence-corrected chi connectivity index (χ0v) is 10.9. The highest BCUT2D eigenvalue weighted by molar-refractivity contribution is 7.87. The van der Waals surface area contributed by atoms with Crippen LogP contribution in [-0.2, 0) is 23.8 Å². The minimum atomic E-state index is -5.55. The van der Waals surface area contributed by atoms with Crippen molar-refractivity contribution in [3.05, 3.63) is 0 Å². The second kappa shape index (κ2) is 5.19. The van der Waals surface area contributed by atoms with Crippen molar-refractivity contribution < 1.29 is 35.2 Å². The Hall–Kier alpha value is -0.380. The Morgan fingerprint density at radius 3 is 2.42 bits per heavy atom. The van der Waals surface area contributed by atoms with Gasteiger partial charge in [0.15, 0.2) is 5.79 Å². The summed E-state index contributed by atoms with van der Waals surface area (Å²) in [6.45, 7) is 0.160. The molecule has 1 saturated carbocycles. The average Bonchev–Trinajstić information content (AvgIpc) is 2.76. The molecule has 112 valence electrons. The van der Waals surface area contributed by atoms with Crippen LogP contribution in [0.25, 0.3) is 0 Å². The lowest BCUT2D eigenvalue weighted by molar-refractivity contribution is -0.218. The van der Waals surface area contributed by atoms with Gasteiger partial charge >= 0.3 is 15.6 Å². The molecular weight excluding hydrogens is 289 g/mol. The minimum absolute atomic E-state index is 0.364. The largest absolute Gasteiger partial charge is 0.523 e. The van der Waals surface area contributed by atoms with E-state index in [-0.39, 0.29) is 0 Å². The lowest BCUT2D eigenvalue weighted by Gasteiger charge is -2.38. The molecule has 1 heterocycles. The Morgan fingerprint density at radius 2 is 1.84 bits per heavy atom. The second-order valence-electron chi connectivity index (χ2n) is 4.64. The molecule has 9 heteroatoms. The van der Waals surface area contributed by atoms with Gasteiger partial charge < -0.3 is 9.47 Å². The number of alkyl halides is 3. The van der Waals surface area contributed by atoms with Gasteiger partial charge in [0, 0.05) is 12.3 Å². The fraction of sp³-hybridized carbons (Fsp3) is 1.00. The summed E-state index contributed by atoms with van der Waals surface area (Å²) in [5.41, 5.74) is -5.40. The SMILES string of the molecule is O=S(=O)(OCC1CCCCC12OCCO2)C(F)(F)F. The first-order chi connectivity index (χ1) is 8.77. The summed E-state index contributed by atoms with van der Waals surface area (Å²) in [7, 11) is -5.55. The molecule has 0 aromatic heterocycles. The Morgan fingerprint density at radius 1 is 1.21 bits per heavy atom. The molecule has 1 aliphatic carbocycles. The third-order valence-corrected chi connectivity index (χ3v) is 4.45.